The first kappa shape index (κ1) is 14.5. The van der Waals surface area contributed by atoms with Crippen molar-refractivity contribution < 1.29 is 13.2 Å². The molecule has 0 aliphatic carbocycles. The van der Waals surface area contributed by atoms with Crippen LogP contribution in [0, 0.1) is 0 Å². The highest BCUT2D eigenvalue weighted by Crippen LogP contribution is 2.28. The number of ether oxygens (including phenoxy) is 1. The van der Waals surface area contributed by atoms with Gasteiger partial charge in [0, 0.05) is 13.1 Å². The Labute approximate surface area is 121 Å². The van der Waals surface area contributed by atoms with Crippen molar-refractivity contribution in [2.24, 2.45) is 7.05 Å². The maximum atomic E-state index is 12.3. The van der Waals surface area contributed by atoms with Crippen LogP contribution in [0.1, 0.15) is 0 Å². The van der Waals surface area contributed by atoms with E-state index in [2.05, 4.69) is 9.82 Å². The van der Waals surface area contributed by atoms with Crippen molar-refractivity contribution in [1.29, 1.82) is 0 Å². The molecule has 0 bridgehead atoms. The number of benzene rings is 1. The standard InChI is InChI=1S/C11H13ClN4O3S/c1-16-11(8(12)6-14-16)20(17,18)15-10-4-3-7(19-2)5-9(10)13/h3-6,15H,13H2,1-2H3. The number of nitrogens with one attached hydrogen (secondary N) is 1. The molecular formula is C11H13ClN4O3S. The van der Waals surface area contributed by atoms with Gasteiger partial charge in [-0.25, -0.2) is 0 Å². The monoisotopic (exact) mass is 316 g/mol. The third-order valence-corrected chi connectivity index (χ3v) is 4.47. The van der Waals surface area contributed by atoms with Crippen LogP contribution >= 0.6 is 11.6 Å². The molecule has 0 saturated carbocycles. The second kappa shape index (κ2) is 5.22. The molecule has 1 aromatic heterocycles. The van der Waals surface area contributed by atoms with Gasteiger partial charge in [0.25, 0.3) is 10.0 Å². The number of nitrogen functional groups attached to an aromatic ring is 1. The van der Waals surface area contributed by atoms with Crippen molar-refractivity contribution in [3.8, 4) is 5.75 Å². The highest BCUT2D eigenvalue weighted by atomic mass is 35.5. The van der Waals surface area contributed by atoms with Crippen LogP contribution in [0.15, 0.2) is 29.4 Å². The third kappa shape index (κ3) is 2.66. The summed E-state index contributed by atoms with van der Waals surface area (Å²) in [4.78, 5) is 0. The summed E-state index contributed by atoms with van der Waals surface area (Å²) in [6.07, 6.45) is 1.26. The highest BCUT2D eigenvalue weighted by Gasteiger charge is 2.23. The Morgan fingerprint density at radius 3 is 2.65 bits per heavy atom. The Morgan fingerprint density at radius 1 is 1.45 bits per heavy atom. The van der Waals surface area contributed by atoms with E-state index in [0.29, 0.717) is 5.75 Å². The second-order valence-electron chi connectivity index (χ2n) is 3.98. The number of aromatic nitrogens is 2. The minimum Gasteiger partial charge on any atom is -0.497 e. The van der Waals surface area contributed by atoms with Crippen LogP contribution < -0.4 is 15.2 Å². The first-order valence-corrected chi connectivity index (χ1v) is 7.35. The van der Waals surface area contributed by atoms with E-state index in [1.807, 2.05) is 0 Å². The second-order valence-corrected chi connectivity index (χ2v) is 5.98. The lowest BCUT2D eigenvalue weighted by Gasteiger charge is -2.11. The van der Waals surface area contributed by atoms with E-state index >= 15 is 0 Å². The molecule has 0 aliphatic rings. The molecule has 0 radical (unpaired) electrons. The Balaban J connectivity index is 2.39. The average molecular weight is 317 g/mol. The van der Waals surface area contributed by atoms with Gasteiger partial charge in [0.15, 0.2) is 5.03 Å². The van der Waals surface area contributed by atoms with Crippen LogP contribution in [0.25, 0.3) is 0 Å². The fourth-order valence-corrected chi connectivity index (χ4v) is 3.40. The van der Waals surface area contributed by atoms with Gasteiger partial charge in [-0.2, -0.15) is 13.5 Å². The van der Waals surface area contributed by atoms with Gasteiger partial charge in [-0.15, -0.1) is 0 Å². The highest BCUT2D eigenvalue weighted by molar-refractivity contribution is 7.92. The number of nitrogens with two attached hydrogens (primary N) is 1. The zero-order valence-electron chi connectivity index (χ0n) is 10.8. The van der Waals surface area contributed by atoms with E-state index in [-0.39, 0.29) is 21.4 Å². The van der Waals surface area contributed by atoms with Gasteiger partial charge in [-0.1, -0.05) is 11.6 Å². The molecule has 0 spiro atoms. The maximum absolute atomic E-state index is 12.3. The molecule has 2 rings (SSSR count). The Bertz CT molecular complexity index is 723. The summed E-state index contributed by atoms with van der Waals surface area (Å²) in [5.74, 6) is 0.531. The van der Waals surface area contributed by atoms with Crippen molar-refractivity contribution in [2.75, 3.05) is 17.6 Å². The first-order valence-electron chi connectivity index (χ1n) is 5.49. The summed E-state index contributed by atoms with van der Waals surface area (Å²) < 4.78 is 33.1. The predicted octanol–water partition coefficient (Wildman–Crippen LogP) is 1.47. The minimum absolute atomic E-state index is 0.0343. The lowest BCUT2D eigenvalue weighted by Crippen LogP contribution is -2.18. The molecule has 0 atom stereocenters. The normalized spacial score (nSPS) is 11.3. The lowest BCUT2D eigenvalue weighted by atomic mass is 10.2. The lowest BCUT2D eigenvalue weighted by molar-refractivity contribution is 0.415. The van der Waals surface area contributed by atoms with E-state index in [4.69, 9.17) is 22.1 Å². The molecule has 0 saturated heterocycles. The summed E-state index contributed by atoms with van der Waals surface area (Å²) in [6.45, 7) is 0. The SMILES string of the molecule is COc1ccc(NS(=O)(=O)c2c(Cl)cnn2C)c(N)c1. The maximum Gasteiger partial charge on any atom is 0.280 e. The molecule has 7 nitrogen and oxygen atoms in total. The van der Waals surface area contributed by atoms with Crippen LogP contribution in [0.4, 0.5) is 11.4 Å². The fraction of sp³-hybridized carbons (Fsp3) is 0.182. The zero-order valence-corrected chi connectivity index (χ0v) is 12.4. The van der Waals surface area contributed by atoms with Gasteiger partial charge < -0.3 is 10.5 Å². The summed E-state index contributed by atoms with van der Waals surface area (Å²) in [5.41, 5.74) is 6.25. The summed E-state index contributed by atoms with van der Waals surface area (Å²) >= 11 is 5.83. The van der Waals surface area contributed by atoms with E-state index in [1.54, 1.807) is 6.07 Å². The molecule has 0 aliphatic heterocycles. The topological polar surface area (TPSA) is 99.2 Å². The summed E-state index contributed by atoms with van der Waals surface area (Å²) in [7, 11) is -0.898. The zero-order chi connectivity index (χ0) is 14.9. The van der Waals surface area contributed by atoms with Gasteiger partial charge in [-0.3, -0.25) is 9.40 Å². The number of sulfonamides is 1. The number of anilines is 2. The first-order chi connectivity index (χ1) is 9.35. The number of halogens is 1. The molecule has 1 aromatic carbocycles. The smallest absolute Gasteiger partial charge is 0.280 e. The van der Waals surface area contributed by atoms with Gasteiger partial charge in [0.05, 0.1) is 29.7 Å². The summed E-state index contributed by atoms with van der Waals surface area (Å²) in [6, 6.07) is 4.62. The van der Waals surface area contributed by atoms with Gasteiger partial charge in [0.1, 0.15) is 5.75 Å². The number of methoxy groups -OCH3 is 1. The molecule has 0 unspecified atom stereocenters. The fourth-order valence-electron chi connectivity index (χ4n) is 1.66. The third-order valence-electron chi connectivity index (χ3n) is 2.60. The van der Waals surface area contributed by atoms with Crippen LogP contribution in [0.2, 0.25) is 5.02 Å². The van der Waals surface area contributed by atoms with E-state index in [0.717, 1.165) is 0 Å². The van der Waals surface area contributed by atoms with E-state index in [1.165, 1.54) is 37.2 Å². The Kier molecular flexibility index (Phi) is 3.78. The van der Waals surface area contributed by atoms with Gasteiger partial charge in [-0.05, 0) is 12.1 Å². The molecule has 0 amide bonds. The van der Waals surface area contributed by atoms with Crippen LogP contribution in [0.5, 0.6) is 5.75 Å². The quantitative estimate of drug-likeness (QED) is 0.832. The molecule has 20 heavy (non-hydrogen) atoms. The Morgan fingerprint density at radius 2 is 2.15 bits per heavy atom. The number of rotatable bonds is 4. The molecular weight excluding hydrogens is 304 g/mol. The number of hydrogen-bond donors (Lipinski definition) is 2. The molecule has 9 heteroatoms. The van der Waals surface area contributed by atoms with Crippen LogP contribution in [0.3, 0.4) is 0 Å². The Hall–Kier alpha value is -1.93. The molecule has 3 N–H and O–H groups in total. The van der Waals surface area contributed by atoms with Crippen LogP contribution in [-0.2, 0) is 17.1 Å². The molecule has 2 aromatic rings. The van der Waals surface area contributed by atoms with E-state index in [9.17, 15) is 8.42 Å². The largest absolute Gasteiger partial charge is 0.497 e. The van der Waals surface area contributed by atoms with Gasteiger partial charge in [0.2, 0.25) is 0 Å². The van der Waals surface area contributed by atoms with Crippen LogP contribution in [-0.4, -0.2) is 25.3 Å². The molecule has 108 valence electrons. The average Bonchev–Trinajstić information content (AvgIpc) is 2.72. The van der Waals surface area contributed by atoms with E-state index < -0.39 is 10.0 Å². The summed E-state index contributed by atoms with van der Waals surface area (Å²) in [5, 5.41) is 3.69. The number of aryl methyl sites for hydroxylation is 1. The molecule has 0 fully saturated rings. The number of nitrogens with zero attached hydrogens (tertiary/aromatic N) is 2. The minimum atomic E-state index is -3.88. The van der Waals surface area contributed by atoms with Crippen molar-refractivity contribution in [2.45, 2.75) is 5.03 Å². The molecule has 1 heterocycles. The van der Waals surface area contributed by atoms with Crippen molar-refractivity contribution >= 4 is 33.0 Å². The van der Waals surface area contributed by atoms with Crippen molar-refractivity contribution in [3.05, 3.63) is 29.4 Å². The van der Waals surface area contributed by atoms with Crippen molar-refractivity contribution in [1.82, 2.24) is 9.78 Å². The number of hydrogen-bond acceptors (Lipinski definition) is 5. The van der Waals surface area contributed by atoms with Crippen molar-refractivity contribution in [3.63, 3.8) is 0 Å². The predicted molar refractivity (Wildman–Crippen MR) is 76.4 cm³/mol. The van der Waals surface area contributed by atoms with Gasteiger partial charge >= 0.3 is 0 Å².